The van der Waals surface area contributed by atoms with Gasteiger partial charge in [0.1, 0.15) is 0 Å². The summed E-state index contributed by atoms with van der Waals surface area (Å²) in [6.45, 7) is 4.90. The molecule has 0 saturated carbocycles. The van der Waals surface area contributed by atoms with Gasteiger partial charge in [0.25, 0.3) is 0 Å². The van der Waals surface area contributed by atoms with E-state index < -0.39 is 12.1 Å². The van der Waals surface area contributed by atoms with Crippen LogP contribution in [-0.2, 0) is 14.3 Å². The highest BCUT2D eigenvalue weighted by molar-refractivity contribution is 5.76. The first kappa shape index (κ1) is 73.1. The van der Waals surface area contributed by atoms with E-state index in [1.807, 2.05) is 6.08 Å². The monoisotopic (exact) mass is 1050 g/mol. The van der Waals surface area contributed by atoms with Crippen molar-refractivity contribution in [1.82, 2.24) is 5.32 Å². The molecule has 2 atom stereocenters. The second-order valence-corrected chi connectivity index (χ2v) is 23.1. The smallest absolute Gasteiger partial charge is 0.305 e. The van der Waals surface area contributed by atoms with Gasteiger partial charge in [-0.1, -0.05) is 307 Å². The summed E-state index contributed by atoms with van der Waals surface area (Å²) in [7, 11) is 0. The van der Waals surface area contributed by atoms with E-state index in [2.05, 4.69) is 43.5 Å². The minimum Gasteiger partial charge on any atom is -0.466 e. The maximum atomic E-state index is 12.5. The van der Waals surface area contributed by atoms with E-state index in [9.17, 15) is 19.8 Å². The summed E-state index contributed by atoms with van der Waals surface area (Å²) in [4.78, 5) is 24.5. The van der Waals surface area contributed by atoms with E-state index in [-0.39, 0.29) is 18.5 Å². The minimum atomic E-state index is -0.842. The van der Waals surface area contributed by atoms with Gasteiger partial charge >= 0.3 is 5.97 Å². The van der Waals surface area contributed by atoms with Crippen molar-refractivity contribution in [2.45, 2.75) is 379 Å². The molecule has 0 bridgehead atoms. The van der Waals surface area contributed by atoms with Gasteiger partial charge in [-0.25, -0.2) is 0 Å². The largest absolute Gasteiger partial charge is 0.466 e. The summed E-state index contributed by atoms with van der Waals surface area (Å²) < 4.78 is 5.48. The van der Waals surface area contributed by atoms with Gasteiger partial charge in [-0.2, -0.15) is 0 Å². The van der Waals surface area contributed by atoms with Crippen LogP contribution in [0, 0.1) is 0 Å². The predicted molar refractivity (Wildman–Crippen MR) is 329 cm³/mol. The van der Waals surface area contributed by atoms with Crippen molar-refractivity contribution in [2.24, 2.45) is 0 Å². The fourth-order valence-electron chi connectivity index (χ4n) is 10.4. The van der Waals surface area contributed by atoms with Crippen molar-refractivity contribution >= 4 is 11.9 Å². The average Bonchev–Trinajstić information content (AvgIpc) is 3.41. The number of carbonyl (C=O) groups is 2. The molecule has 6 nitrogen and oxygen atoms in total. The molecule has 2 unspecified atom stereocenters. The Morgan fingerprint density at radius 3 is 0.960 bits per heavy atom. The SMILES string of the molecule is CCCCCC/C=C\CCCCCCCC(=O)OCCCCCCCCCCCCCC/C=C\CCCCCCCCCCCCCCCCCC(=O)NC(CO)C(O)/C=C/CCCCCCCCCCCCCC. The lowest BCUT2D eigenvalue weighted by atomic mass is 10.0. The number of allylic oxidation sites excluding steroid dienone is 5. The van der Waals surface area contributed by atoms with Crippen LogP contribution < -0.4 is 5.32 Å². The Morgan fingerprint density at radius 1 is 0.360 bits per heavy atom. The molecule has 0 rings (SSSR count). The number of esters is 1. The summed E-state index contributed by atoms with van der Waals surface area (Å²) in [6.07, 6.45) is 82.2. The van der Waals surface area contributed by atoms with E-state index >= 15 is 0 Å². The fraction of sp³-hybridized carbons (Fsp3) is 0.884. The van der Waals surface area contributed by atoms with Gasteiger partial charge in [-0.3, -0.25) is 9.59 Å². The van der Waals surface area contributed by atoms with Crippen LogP contribution in [0.3, 0.4) is 0 Å². The summed E-state index contributed by atoms with van der Waals surface area (Å²) in [6, 6.07) is -0.626. The Labute approximate surface area is 468 Å². The quantitative estimate of drug-likeness (QED) is 0.0320. The number of hydrogen-bond donors (Lipinski definition) is 3. The molecule has 75 heavy (non-hydrogen) atoms. The van der Waals surface area contributed by atoms with Gasteiger partial charge in [-0.05, 0) is 83.5 Å². The molecule has 0 fully saturated rings. The number of carbonyl (C=O) groups excluding carboxylic acids is 2. The maximum Gasteiger partial charge on any atom is 0.305 e. The first-order chi connectivity index (χ1) is 37.0. The lowest BCUT2D eigenvalue weighted by Gasteiger charge is -2.20. The van der Waals surface area contributed by atoms with Crippen molar-refractivity contribution in [3.63, 3.8) is 0 Å². The lowest BCUT2D eigenvalue weighted by Crippen LogP contribution is -2.45. The molecule has 0 radical (unpaired) electrons. The Bertz CT molecular complexity index is 1210. The first-order valence-corrected chi connectivity index (χ1v) is 33.8. The van der Waals surface area contributed by atoms with Crippen molar-refractivity contribution in [2.75, 3.05) is 13.2 Å². The van der Waals surface area contributed by atoms with E-state index in [1.54, 1.807) is 6.08 Å². The van der Waals surface area contributed by atoms with Gasteiger partial charge in [-0.15, -0.1) is 0 Å². The number of hydrogen-bond acceptors (Lipinski definition) is 5. The molecule has 6 heteroatoms. The molecule has 442 valence electrons. The summed E-state index contributed by atoms with van der Waals surface area (Å²) in [5.74, 6) is -0.0563. The molecule has 3 N–H and O–H groups in total. The molecule has 0 spiro atoms. The Hall–Kier alpha value is -1.92. The van der Waals surface area contributed by atoms with E-state index in [4.69, 9.17) is 4.74 Å². The molecule has 0 aliphatic rings. The standard InChI is InChI=1S/C69H131NO5/c1-3-5-7-9-11-13-15-17-38-41-45-49-53-57-61-67(72)66(65-71)70-68(73)62-58-54-50-46-42-39-35-33-31-29-27-25-23-21-19-18-20-22-24-26-28-30-32-34-36-40-44-48-52-56-60-64-75-69(74)63-59-55-51-47-43-37-16-14-12-10-8-6-4-2/h14,16,20,22,57,61,66-67,71-72H,3-13,15,17-19,21,23-56,58-60,62-65H2,1-2H3,(H,70,73)/b16-14-,22-20-,61-57+. The highest BCUT2D eigenvalue weighted by Gasteiger charge is 2.18. The predicted octanol–water partition coefficient (Wildman–Crippen LogP) is 21.5. The Kier molecular flexibility index (Phi) is 63.0. The second kappa shape index (κ2) is 64.6. The normalized spacial score (nSPS) is 12.7. The van der Waals surface area contributed by atoms with Crippen LogP contribution in [0.2, 0.25) is 0 Å². The number of nitrogens with one attached hydrogen (secondary N) is 1. The molecular formula is C69H131NO5. The zero-order valence-corrected chi connectivity index (χ0v) is 50.5. The number of unbranched alkanes of at least 4 members (excludes halogenated alkanes) is 48. The van der Waals surface area contributed by atoms with Crippen LogP contribution in [0.25, 0.3) is 0 Å². The van der Waals surface area contributed by atoms with E-state index in [0.29, 0.717) is 19.4 Å². The highest BCUT2D eigenvalue weighted by Crippen LogP contribution is 2.18. The summed E-state index contributed by atoms with van der Waals surface area (Å²) in [5.41, 5.74) is 0. The van der Waals surface area contributed by atoms with Crippen LogP contribution in [-0.4, -0.2) is 47.4 Å². The highest BCUT2D eigenvalue weighted by atomic mass is 16.5. The topological polar surface area (TPSA) is 95.9 Å². The van der Waals surface area contributed by atoms with Gasteiger partial charge in [0, 0.05) is 12.8 Å². The van der Waals surface area contributed by atoms with Crippen molar-refractivity contribution in [1.29, 1.82) is 0 Å². The average molecular weight is 1050 g/mol. The Morgan fingerprint density at radius 2 is 0.627 bits per heavy atom. The number of aliphatic hydroxyl groups is 2. The zero-order chi connectivity index (χ0) is 54.3. The fourth-order valence-corrected chi connectivity index (χ4v) is 10.4. The Balaban J connectivity index is 3.37. The number of ether oxygens (including phenoxy) is 1. The number of aliphatic hydroxyl groups excluding tert-OH is 2. The van der Waals surface area contributed by atoms with Crippen molar-refractivity contribution in [3.8, 4) is 0 Å². The molecule has 0 aromatic carbocycles. The van der Waals surface area contributed by atoms with Gasteiger partial charge in [0.2, 0.25) is 5.91 Å². The number of amides is 1. The molecule has 0 aliphatic carbocycles. The third-order valence-corrected chi connectivity index (χ3v) is 15.6. The van der Waals surface area contributed by atoms with Crippen LogP contribution in [0.4, 0.5) is 0 Å². The molecule has 0 saturated heterocycles. The molecule has 0 aromatic rings. The summed E-state index contributed by atoms with van der Waals surface area (Å²) >= 11 is 0. The molecule has 0 heterocycles. The molecular weight excluding hydrogens is 923 g/mol. The van der Waals surface area contributed by atoms with Crippen molar-refractivity contribution in [3.05, 3.63) is 36.5 Å². The van der Waals surface area contributed by atoms with Crippen LogP contribution in [0.15, 0.2) is 36.5 Å². The third-order valence-electron chi connectivity index (χ3n) is 15.6. The van der Waals surface area contributed by atoms with Gasteiger partial charge in [0.05, 0.1) is 25.4 Å². The lowest BCUT2D eigenvalue weighted by molar-refractivity contribution is -0.143. The van der Waals surface area contributed by atoms with Crippen molar-refractivity contribution < 1.29 is 24.5 Å². The maximum absolute atomic E-state index is 12.5. The third kappa shape index (κ3) is 61.2. The summed E-state index contributed by atoms with van der Waals surface area (Å²) in [5, 5.41) is 23.1. The van der Waals surface area contributed by atoms with Gasteiger partial charge in [0.15, 0.2) is 0 Å². The first-order valence-electron chi connectivity index (χ1n) is 33.8. The zero-order valence-electron chi connectivity index (χ0n) is 50.5. The molecule has 0 aromatic heterocycles. The van der Waals surface area contributed by atoms with E-state index in [0.717, 1.165) is 44.9 Å². The molecule has 1 amide bonds. The number of rotatable bonds is 63. The van der Waals surface area contributed by atoms with E-state index in [1.165, 1.54) is 295 Å². The minimum absolute atomic E-state index is 0.00820. The molecule has 0 aliphatic heterocycles. The van der Waals surface area contributed by atoms with Crippen LogP contribution >= 0.6 is 0 Å². The van der Waals surface area contributed by atoms with Crippen LogP contribution in [0.1, 0.15) is 367 Å². The second-order valence-electron chi connectivity index (χ2n) is 23.1. The van der Waals surface area contributed by atoms with Gasteiger partial charge < -0.3 is 20.3 Å². The van der Waals surface area contributed by atoms with Crippen LogP contribution in [0.5, 0.6) is 0 Å².